The Morgan fingerprint density at radius 3 is 2.93 bits per heavy atom. The van der Waals surface area contributed by atoms with Crippen LogP contribution in [0.4, 0.5) is 0 Å². The highest BCUT2D eigenvalue weighted by Gasteiger charge is 2.09. The first kappa shape index (κ1) is 11.4. The monoisotopic (exact) mass is 220 g/mol. The van der Waals surface area contributed by atoms with Crippen molar-refractivity contribution < 1.29 is 24.6 Å². The Morgan fingerprint density at radius 1 is 1.71 bits per heavy atom. The number of phosphoric acid groups is 1. The van der Waals surface area contributed by atoms with Crippen molar-refractivity contribution >= 4 is 7.82 Å². The molecule has 7 nitrogen and oxygen atoms in total. The molecular formula is C6H11N3O4P-. The number of hydrogen-bond donors (Lipinski definition) is 2. The minimum atomic E-state index is -4.88. The molecule has 0 unspecified atom stereocenters. The molecule has 0 saturated heterocycles. The van der Waals surface area contributed by atoms with Crippen molar-refractivity contribution in [3.05, 3.63) is 18.2 Å². The van der Waals surface area contributed by atoms with Gasteiger partial charge in [-0.05, 0) is 0 Å². The van der Waals surface area contributed by atoms with Crippen molar-refractivity contribution in [1.29, 1.82) is 0 Å². The number of aromatic nitrogens is 2. The maximum absolute atomic E-state index is 10.1. The standard InChI is InChI=1S/C6H12N3O4P/c7-5(3-13-14(10,11)12)1-6-2-8-4-9-6/h2,4-5H,1,3,7H2,(H,8,9)(H2,10,11,12)/p-1/t5-/m0/s1. The average Bonchev–Trinajstić information content (AvgIpc) is 2.52. The number of imidazole rings is 1. The lowest BCUT2D eigenvalue weighted by atomic mass is 10.2. The molecular weight excluding hydrogens is 209 g/mol. The second-order valence-corrected chi connectivity index (χ2v) is 4.04. The van der Waals surface area contributed by atoms with Crippen LogP contribution in [0.2, 0.25) is 0 Å². The summed E-state index contributed by atoms with van der Waals surface area (Å²) in [4.78, 5) is 26.9. The quantitative estimate of drug-likeness (QED) is 0.526. The highest BCUT2D eigenvalue weighted by Crippen LogP contribution is 2.24. The van der Waals surface area contributed by atoms with Gasteiger partial charge < -0.3 is 29.6 Å². The van der Waals surface area contributed by atoms with Gasteiger partial charge >= 0.3 is 0 Å². The molecule has 8 heteroatoms. The van der Waals surface area contributed by atoms with Crippen LogP contribution in [0, 0.1) is 0 Å². The number of nitrogens with zero attached hydrogens (tertiary/aromatic N) is 1. The maximum atomic E-state index is 10.1. The molecule has 0 saturated carbocycles. The normalized spacial score (nSPS) is 14.2. The third kappa shape index (κ3) is 4.50. The number of phosphoric ester groups is 1. The van der Waals surface area contributed by atoms with Gasteiger partial charge in [-0.25, -0.2) is 4.98 Å². The van der Waals surface area contributed by atoms with Crippen LogP contribution in [0.25, 0.3) is 0 Å². The summed E-state index contributed by atoms with van der Waals surface area (Å²) in [7, 11) is -4.88. The van der Waals surface area contributed by atoms with E-state index in [2.05, 4.69) is 20.2 Å². The summed E-state index contributed by atoms with van der Waals surface area (Å²) in [6, 6.07) is -0.299. The minimum absolute atomic E-state index is 0.205. The predicted octanol–water partition coefficient (Wildman–Crippen LogP) is -2.59. The lowest BCUT2D eigenvalue weighted by Gasteiger charge is -2.29. The topological polar surface area (TPSA) is 129 Å². The van der Waals surface area contributed by atoms with Crippen molar-refractivity contribution in [2.45, 2.75) is 12.5 Å². The highest BCUT2D eigenvalue weighted by molar-refractivity contribution is 7.43. The molecule has 1 atom stereocenters. The molecule has 1 aromatic heterocycles. The van der Waals surface area contributed by atoms with Gasteiger partial charge in [0.2, 0.25) is 0 Å². The Hall–Kier alpha value is -0.720. The number of hydrogen-bond acceptors (Lipinski definition) is 5. The van der Waals surface area contributed by atoms with E-state index in [1.54, 1.807) is 6.20 Å². The summed E-state index contributed by atoms with van der Waals surface area (Å²) in [5, 5.41) is 0. The lowest BCUT2D eigenvalue weighted by molar-refractivity contribution is -0.428. The first-order valence-electron chi connectivity index (χ1n) is 3.94. The molecule has 0 aromatic carbocycles. The van der Waals surface area contributed by atoms with Crippen LogP contribution in [-0.2, 0) is 15.5 Å². The molecule has 0 radical (unpaired) electrons. The molecule has 0 spiro atoms. The van der Waals surface area contributed by atoms with Crippen LogP contribution in [0.3, 0.4) is 0 Å². The fourth-order valence-corrected chi connectivity index (χ4v) is 1.36. The first-order chi connectivity index (χ1) is 6.47. The molecule has 1 heterocycles. The summed E-state index contributed by atoms with van der Waals surface area (Å²) in [6.45, 7) is -0.205. The molecule has 0 fully saturated rings. The van der Waals surface area contributed by atoms with Crippen molar-refractivity contribution in [3.63, 3.8) is 0 Å². The number of nitrogens with one attached hydrogen (secondary N) is 1. The molecule has 0 aliphatic rings. The summed E-state index contributed by atoms with van der Waals surface area (Å²) >= 11 is 0. The van der Waals surface area contributed by atoms with Gasteiger partial charge in [-0.1, -0.05) is 0 Å². The Bertz CT molecular complexity index is 309. The van der Waals surface area contributed by atoms with Gasteiger partial charge in [-0.2, -0.15) is 0 Å². The van der Waals surface area contributed by atoms with E-state index in [0.29, 0.717) is 6.42 Å². The zero-order valence-electron chi connectivity index (χ0n) is 7.38. The molecule has 1 rings (SSSR count). The molecule has 0 aliphatic carbocycles. The van der Waals surface area contributed by atoms with Gasteiger partial charge in [0.05, 0.1) is 14.2 Å². The van der Waals surface area contributed by atoms with E-state index >= 15 is 0 Å². The second kappa shape index (κ2) is 4.68. The van der Waals surface area contributed by atoms with E-state index in [9.17, 15) is 14.4 Å². The van der Waals surface area contributed by atoms with E-state index in [1.165, 1.54) is 6.33 Å². The maximum Gasteiger partial charge on any atom is 0.114 e. The van der Waals surface area contributed by atoms with Crippen LogP contribution in [-0.4, -0.2) is 22.6 Å². The number of H-pyrrole nitrogens is 1. The number of aromatic amines is 1. The summed E-state index contributed by atoms with van der Waals surface area (Å²) in [5.74, 6) is 0. The van der Waals surface area contributed by atoms with Gasteiger partial charge in [0.25, 0.3) is 0 Å². The minimum Gasteiger partial charge on any atom is -0.790 e. The SMILES string of the molecule is [NH3+][C@H](COP(=O)([O-])[O-])Cc1cnc[nH]1. The zero-order valence-corrected chi connectivity index (χ0v) is 8.28. The van der Waals surface area contributed by atoms with E-state index in [1.807, 2.05) is 0 Å². The van der Waals surface area contributed by atoms with Gasteiger partial charge in [-0.3, -0.25) is 0 Å². The van der Waals surface area contributed by atoms with Crippen LogP contribution >= 0.6 is 7.82 Å². The molecule has 1 aromatic rings. The van der Waals surface area contributed by atoms with Crippen LogP contribution in [0.15, 0.2) is 12.5 Å². The number of rotatable bonds is 5. The van der Waals surface area contributed by atoms with E-state index in [4.69, 9.17) is 0 Å². The largest absolute Gasteiger partial charge is 0.790 e. The number of quaternary nitrogens is 1. The molecule has 0 bridgehead atoms. The fraction of sp³-hybridized carbons (Fsp3) is 0.500. The van der Waals surface area contributed by atoms with Crippen LogP contribution in [0.1, 0.15) is 5.69 Å². The van der Waals surface area contributed by atoms with Crippen molar-refractivity contribution in [2.24, 2.45) is 0 Å². The highest BCUT2D eigenvalue weighted by atomic mass is 31.2. The zero-order chi connectivity index (χ0) is 10.6. The molecule has 0 amide bonds. The fourth-order valence-electron chi connectivity index (χ4n) is 0.963. The Kier molecular flexibility index (Phi) is 3.79. The molecule has 80 valence electrons. The van der Waals surface area contributed by atoms with Crippen LogP contribution < -0.4 is 15.5 Å². The van der Waals surface area contributed by atoms with Crippen molar-refractivity contribution in [2.75, 3.05) is 6.61 Å². The first-order valence-corrected chi connectivity index (χ1v) is 5.40. The van der Waals surface area contributed by atoms with Gasteiger partial charge in [-0.15, -0.1) is 0 Å². The summed E-state index contributed by atoms with van der Waals surface area (Å²) < 4.78 is 14.2. The smallest absolute Gasteiger partial charge is 0.114 e. The Balaban J connectivity index is 2.30. The summed E-state index contributed by atoms with van der Waals surface area (Å²) in [5.41, 5.74) is 4.46. The van der Waals surface area contributed by atoms with Crippen molar-refractivity contribution in [3.8, 4) is 0 Å². The Labute approximate surface area is 80.5 Å². The van der Waals surface area contributed by atoms with Gasteiger partial charge in [0.15, 0.2) is 0 Å². The third-order valence-corrected chi connectivity index (χ3v) is 2.00. The predicted molar refractivity (Wildman–Crippen MR) is 42.5 cm³/mol. The molecule has 0 aliphatic heterocycles. The summed E-state index contributed by atoms with van der Waals surface area (Å²) in [6.07, 6.45) is 3.60. The second-order valence-electron chi connectivity index (χ2n) is 2.89. The van der Waals surface area contributed by atoms with Crippen molar-refractivity contribution in [1.82, 2.24) is 9.97 Å². The van der Waals surface area contributed by atoms with E-state index in [-0.39, 0.29) is 12.6 Å². The molecule has 14 heavy (non-hydrogen) atoms. The third-order valence-electron chi connectivity index (χ3n) is 1.53. The lowest BCUT2D eigenvalue weighted by Crippen LogP contribution is -2.64. The van der Waals surface area contributed by atoms with Gasteiger partial charge in [0, 0.05) is 18.3 Å². The average molecular weight is 220 g/mol. The van der Waals surface area contributed by atoms with Crippen LogP contribution in [0.5, 0.6) is 0 Å². The van der Waals surface area contributed by atoms with Gasteiger partial charge in [0.1, 0.15) is 12.6 Å². The Morgan fingerprint density at radius 2 is 2.43 bits per heavy atom. The van der Waals surface area contributed by atoms with E-state index in [0.717, 1.165) is 5.69 Å². The van der Waals surface area contributed by atoms with E-state index < -0.39 is 7.82 Å². The molecule has 4 N–H and O–H groups in total.